The molecule has 1 aromatic heterocycles. The SMILES string of the molecule is O=C(O)C(Cc1ccc(Br)cc1)Cc1ccc(Cl)s1. The van der Waals surface area contributed by atoms with Crippen molar-refractivity contribution in [3.63, 3.8) is 0 Å². The summed E-state index contributed by atoms with van der Waals surface area (Å²) >= 11 is 10.7. The molecule has 5 heteroatoms. The van der Waals surface area contributed by atoms with Crippen molar-refractivity contribution in [1.29, 1.82) is 0 Å². The Morgan fingerprint density at radius 2 is 1.89 bits per heavy atom. The second kappa shape index (κ2) is 6.55. The summed E-state index contributed by atoms with van der Waals surface area (Å²) in [4.78, 5) is 12.4. The maximum atomic E-state index is 11.3. The van der Waals surface area contributed by atoms with Crippen molar-refractivity contribution in [2.75, 3.05) is 0 Å². The van der Waals surface area contributed by atoms with Gasteiger partial charge in [0.2, 0.25) is 0 Å². The number of benzene rings is 1. The Morgan fingerprint density at radius 1 is 1.21 bits per heavy atom. The molecule has 0 saturated carbocycles. The highest BCUT2D eigenvalue weighted by molar-refractivity contribution is 9.10. The fraction of sp³-hybridized carbons (Fsp3) is 0.214. The monoisotopic (exact) mass is 358 g/mol. The zero-order valence-electron chi connectivity index (χ0n) is 9.98. The molecule has 0 spiro atoms. The molecule has 0 bridgehead atoms. The molecule has 0 radical (unpaired) electrons. The van der Waals surface area contributed by atoms with Gasteiger partial charge in [-0.05, 0) is 42.7 Å². The van der Waals surface area contributed by atoms with Gasteiger partial charge in [-0.25, -0.2) is 0 Å². The summed E-state index contributed by atoms with van der Waals surface area (Å²) in [6.07, 6.45) is 1.04. The molecule has 0 aliphatic heterocycles. The van der Waals surface area contributed by atoms with Crippen LogP contribution in [0, 0.1) is 5.92 Å². The largest absolute Gasteiger partial charge is 0.481 e. The normalized spacial score (nSPS) is 12.3. The molecule has 19 heavy (non-hydrogen) atoms. The van der Waals surface area contributed by atoms with Crippen LogP contribution in [0.5, 0.6) is 0 Å². The van der Waals surface area contributed by atoms with Crippen molar-refractivity contribution in [1.82, 2.24) is 0 Å². The van der Waals surface area contributed by atoms with Crippen LogP contribution in [-0.4, -0.2) is 11.1 Å². The predicted octanol–water partition coefficient (Wildman–Crippen LogP) is 4.65. The molecule has 2 nitrogen and oxygen atoms in total. The van der Waals surface area contributed by atoms with Crippen molar-refractivity contribution >= 4 is 44.8 Å². The van der Waals surface area contributed by atoms with Crippen molar-refractivity contribution in [2.24, 2.45) is 5.92 Å². The van der Waals surface area contributed by atoms with Crippen LogP contribution in [0.25, 0.3) is 0 Å². The van der Waals surface area contributed by atoms with Crippen LogP contribution >= 0.6 is 38.9 Å². The standard InChI is InChI=1S/C14H12BrClO2S/c15-11-3-1-9(2-4-11)7-10(14(17)18)8-12-5-6-13(16)19-12/h1-6,10H,7-8H2,(H,17,18). The highest BCUT2D eigenvalue weighted by Crippen LogP contribution is 2.25. The van der Waals surface area contributed by atoms with Gasteiger partial charge in [-0.1, -0.05) is 39.7 Å². The summed E-state index contributed by atoms with van der Waals surface area (Å²) in [6.45, 7) is 0. The van der Waals surface area contributed by atoms with Gasteiger partial charge in [0, 0.05) is 9.35 Å². The molecular formula is C14H12BrClO2S. The number of carboxylic acid groups (broad SMARTS) is 1. The fourth-order valence-electron chi connectivity index (χ4n) is 1.86. The van der Waals surface area contributed by atoms with Crippen molar-refractivity contribution < 1.29 is 9.90 Å². The van der Waals surface area contributed by atoms with E-state index < -0.39 is 11.9 Å². The summed E-state index contributed by atoms with van der Waals surface area (Å²) in [5, 5.41) is 9.32. The first kappa shape index (κ1) is 14.6. The Morgan fingerprint density at radius 3 is 2.42 bits per heavy atom. The van der Waals surface area contributed by atoms with E-state index in [0.717, 1.165) is 14.9 Å². The molecule has 0 fully saturated rings. The van der Waals surface area contributed by atoms with Crippen molar-refractivity contribution in [3.05, 3.63) is 55.6 Å². The van der Waals surface area contributed by atoms with Gasteiger partial charge >= 0.3 is 5.97 Å². The van der Waals surface area contributed by atoms with Gasteiger partial charge in [-0.3, -0.25) is 4.79 Å². The number of thiophene rings is 1. The van der Waals surface area contributed by atoms with Crippen LogP contribution in [0.2, 0.25) is 4.34 Å². The van der Waals surface area contributed by atoms with Gasteiger partial charge in [0.25, 0.3) is 0 Å². The van der Waals surface area contributed by atoms with Gasteiger partial charge < -0.3 is 5.11 Å². The van der Waals surface area contributed by atoms with Gasteiger partial charge in [0.15, 0.2) is 0 Å². The second-order valence-electron chi connectivity index (χ2n) is 4.28. The average Bonchev–Trinajstić information content (AvgIpc) is 2.76. The topological polar surface area (TPSA) is 37.3 Å². The minimum absolute atomic E-state index is 0.420. The third-order valence-corrected chi connectivity index (χ3v) is 4.60. The maximum Gasteiger partial charge on any atom is 0.307 e. The second-order valence-corrected chi connectivity index (χ2v) is 6.99. The Hall–Kier alpha value is -0.840. The molecule has 0 amide bonds. The van der Waals surface area contributed by atoms with Crippen molar-refractivity contribution in [3.8, 4) is 0 Å². The number of carboxylic acids is 1. The summed E-state index contributed by atoms with van der Waals surface area (Å²) < 4.78 is 1.69. The van der Waals surface area contributed by atoms with E-state index in [4.69, 9.17) is 11.6 Å². The lowest BCUT2D eigenvalue weighted by Gasteiger charge is -2.11. The van der Waals surface area contributed by atoms with E-state index in [0.29, 0.717) is 17.2 Å². The molecular weight excluding hydrogens is 348 g/mol. The number of rotatable bonds is 5. The number of hydrogen-bond donors (Lipinski definition) is 1. The molecule has 1 aromatic carbocycles. The molecule has 1 atom stereocenters. The highest BCUT2D eigenvalue weighted by Gasteiger charge is 2.19. The Labute approximate surface area is 129 Å². The quantitative estimate of drug-likeness (QED) is 0.843. The van der Waals surface area contributed by atoms with Gasteiger partial charge in [0.1, 0.15) is 0 Å². The molecule has 1 unspecified atom stereocenters. The molecule has 0 aliphatic carbocycles. The van der Waals surface area contributed by atoms with Gasteiger partial charge in [-0.15, -0.1) is 11.3 Å². The van der Waals surface area contributed by atoms with Crippen LogP contribution in [0.3, 0.4) is 0 Å². The van der Waals surface area contributed by atoms with Crippen LogP contribution in [0.1, 0.15) is 10.4 Å². The molecule has 1 N–H and O–H groups in total. The van der Waals surface area contributed by atoms with E-state index >= 15 is 0 Å². The average molecular weight is 360 g/mol. The minimum atomic E-state index is -0.771. The third kappa shape index (κ3) is 4.34. The fourth-order valence-corrected chi connectivity index (χ4v) is 3.29. The highest BCUT2D eigenvalue weighted by atomic mass is 79.9. The smallest absolute Gasteiger partial charge is 0.307 e. The molecule has 1 heterocycles. The lowest BCUT2D eigenvalue weighted by atomic mass is 9.96. The Kier molecular flexibility index (Phi) is 5.02. The third-order valence-electron chi connectivity index (χ3n) is 2.82. The summed E-state index contributed by atoms with van der Waals surface area (Å²) in [5.41, 5.74) is 1.03. The van der Waals surface area contributed by atoms with Crippen LogP contribution in [-0.2, 0) is 17.6 Å². The zero-order valence-corrected chi connectivity index (χ0v) is 13.1. The summed E-state index contributed by atoms with van der Waals surface area (Å²) in [7, 11) is 0. The summed E-state index contributed by atoms with van der Waals surface area (Å²) in [6, 6.07) is 11.4. The molecule has 0 aliphatic rings. The lowest BCUT2D eigenvalue weighted by Crippen LogP contribution is -2.18. The molecule has 0 saturated heterocycles. The molecule has 2 aromatic rings. The first-order valence-electron chi connectivity index (χ1n) is 5.76. The van der Waals surface area contributed by atoms with E-state index in [1.165, 1.54) is 11.3 Å². The van der Waals surface area contributed by atoms with Crippen LogP contribution in [0.4, 0.5) is 0 Å². The first-order chi connectivity index (χ1) is 9.04. The minimum Gasteiger partial charge on any atom is -0.481 e. The zero-order chi connectivity index (χ0) is 13.8. The molecule has 2 rings (SSSR count). The van der Waals surface area contributed by atoms with E-state index in [2.05, 4.69) is 15.9 Å². The van der Waals surface area contributed by atoms with Crippen LogP contribution < -0.4 is 0 Å². The van der Waals surface area contributed by atoms with E-state index in [9.17, 15) is 9.90 Å². The van der Waals surface area contributed by atoms with Crippen LogP contribution in [0.15, 0.2) is 40.9 Å². The van der Waals surface area contributed by atoms with E-state index in [-0.39, 0.29) is 0 Å². The number of halogens is 2. The Balaban J connectivity index is 2.08. The number of carbonyl (C=O) groups is 1. The predicted molar refractivity (Wildman–Crippen MR) is 82.0 cm³/mol. The van der Waals surface area contributed by atoms with Crippen molar-refractivity contribution in [2.45, 2.75) is 12.8 Å². The Bertz CT molecular complexity index is 565. The number of aliphatic carboxylic acids is 1. The van der Waals surface area contributed by atoms with Gasteiger partial charge in [-0.2, -0.15) is 0 Å². The maximum absolute atomic E-state index is 11.3. The van der Waals surface area contributed by atoms with E-state index in [1.807, 2.05) is 30.3 Å². The van der Waals surface area contributed by atoms with E-state index in [1.54, 1.807) is 6.07 Å². The summed E-state index contributed by atoms with van der Waals surface area (Å²) in [5.74, 6) is -1.19. The molecule has 100 valence electrons. The number of hydrogen-bond acceptors (Lipinski definition) is 2. The first-order valence-corrected chi connectivity index (χ1v) is 7.75. The lowest BCUT2D eigenvalue weighted by molar-refractivity contribution is -0.141. The van der Waals surface area contributed by atoms with Gasteiger partial charge in [0.05, 0.1) is 10.3 Å².